The van der Waals surface area contributed by atoms with Gasteiger partial charge in [-0.2, -0.15) is 0 Å². The summed E-state index contributed by atoms with van der Waals surface area (Å²) in [4.78, 5) is 11.6. The highest BCUT2D eigenvalue weighted by Crippen LogP contribution is 2.39. The van der Waals surface area contributed by atoms with Crippen molar-refractivity contribution in [3.63, 3.8) is 0 Å². The van der Waals surface area contributed by atoms with E-state index >= 15 is 0 Å². The van der Waals surface area contributed by atoms with Crippen molar-refractivity contribution in [1.29, 1.82) is 0 Å². The van der Waals surface area contributed by atoms with Crippen LogP contribution in [0.25, 0.3) is 0 Å². The average molecular weight is 347 g/mol. The molecule has 0 aliphatic rings. The third-order valence-electron chi connectivity index (χ3n) is 3.57. The summed E-state index contributed by atoms with van der Waals surface area (Å²) in [7, 11) is -2.06. The number of benzene rings is 1. The van der Waals surface area contributed by atoms with Crippen molar-refractivity contribution in [2.45, 2.75) is 45.8 Å². The predicted molar refractivity (Wildman–Crippen MR) is 81.9 cm³/mol. The van der Waals surface area contributed by atoms with E-state index in [0.29, 0.717) is 15.8 Å². The molecule has 0 saturated carbocycles. The summed E-state index contributed by atoms with van der Waals surface area (Å²) in [6, 6.07) is 2.78. The third-order valence-corrected chi connectivity index (χ3v) is 8.52. The van der Waals surface area contributed by atoms with Crippen LogP contribution < -0.4 is 4.43 Å². The minimum Gasteiger partial charge on any atom is -0.543 e. The third kappa shape index (κ3) is 3.66. The van der Waals surface area contributed by atoms with Gasteiger partial charge in [0.2, 0.25) is 0 Å². The topological polar surface area (TPSA) is 26.3 Å². The summed E-state index contributed by atoms with van der Waals surface area (Å²) >= 11 is 3.14. The van der Waals surface area contributed by atoms with Gasteiger partial charge in [0, 0.05) is 0 Å². The predicted octanol–water partition coefficient (Wildman–Crippen LogP) is 5.17. The quantitative estimate of drug-likeness (QED) is 0.557. The zero-order chi connectivity index (χ0) is 15.0. The number of hydrogen-bond donors (Lipinski definition) is 0. The molecule has 0 N–H and O–H groups in total. The van der Waals surface area contributed by atoms with Crippen molar-refractivity contribution >= 4 is 30.0 Å². The van der Waals surface area contributed by atoms with E-state index in [9.17, 15) is 9.18 Å². The average Bonchev–Trinajstić information content (AvgIpc) is 2.20. The van der Waals surface area contributed by atoms with Gasteiger partial charge >= 0.3 is 0 Å². The van der Waals surface area contributed by atoms with Crippen LogP contribution in [0.15, 0.2) is 16.6 Å². The van der Waals surface area contributed by atoms with Crippen molar-refractivity contribution in [3.8, 4) is 5.75 Å². The van der Waals surface area contributed by atoms with Gasteiger partial charge in [-0.05, 0) is 53.1 Å². The van der Waals surface area contributed by atoms with Crippen LogP contribution >= 0.6 is 15.9 Å². The first-order valence-electron chi connectivity index (χ1n) is 6.15. The van der Waals surface area contributed by atoms with E-state index in [4.69, 9.17) is 4.43 Å². The number of ketones is 1. The fourth-order valence-electron chi connectivity index (χ4n) is 1.32. The van der Waals surface area contributed by atoms with Gasteiger partial charge in [-0.3, -0.25) is 4.79 Å². The number of hydrogen-bond acceptors (Lipinski definition) is 2. The van der Waals surface area contributed by atoms with E-state index < -0.39 is 14.1 Å². The maximum Gasteiger partial charge on any atom is 0.250 e. The standard InChI is InChI=1S/C14H20BrFO2Si/c1-9(17)10-7-12(16)11(15)8-13(10)18-19(5,6)14(2,3)4/h7-8H,1-6H3. The number of Topliss-reactive ketones (excluding diaryl/α,β-unsaturated/α-hetero) is 1. The fraction of sp³-hybridized carbons (Fsp3) is 0.500. The van der Waals surface area contributed by atoms with E-state index in [-0.39, 0.29) is 10.8 Å². The van der Waals surface area contributed by atoms with E-state index in [2.05, 4.69) is 49.8 Å². The van der Waals surface area contributed by atoms with Crippen molar-refractivity contribution in [2.24, 2.45) is 0 Å². The van der Waals surface area contributed by atoms with Gasteiger partial charge in [0.25, 0.3) is 8.32 Å². The van der Waals surface area contributed by atoms with Gasteiger partial charge in [-0.1, -0.05) is 20.8 Å². The van der Waals surface area contributed by atoms with Crippen molar-refractivity contribution in [2.75, 3.05) is 0 Å². The first kappa shape index (κ1) is 16.4. The highest BCUT2D eigenvalue weighted by molar-refractivity contribution is 9.10. The van der Waals surface area contributed by atoms with Crippen LogP contribution in [0.5, 0.6) is 5.75 Å². The number of rotatable bonds is 3. The molecule has 19 heavy (non-hydrogen) atoms. The van der Waals surface area contributed by atoms with Gasteiger partial charge in [0.1, 0.15) is 11.6 Å². The van der Waals surface area contributed by atoms with Gasteiger partial charge in [-0.15, -0.1) is 0 Å². The first-order chi connectivity index (χ1) is 8.45. The fourth-order valence-corrected chi connectivity index (χ4v) is 2.66. The Morgan fingerprint density at radius 1 is 1.32 bits per heavy atom. The molecule has 0 radical (unpaired) electrons. The van der Waals surface area contributed by atoms with Gasteiger partial charge in [0.05, 0.1) is 10.0 Å². The highest BCUT2D eigenvalue weighted by Gasteiger charge is 2.39. The van der Waals surface area contributed by atoms with Gasteiger partial charge in [0.15, 0.2) is 5.78 Å². The summed E-state index contributed by atoms with van der Waals surface area (Å²) in [5, 5.41) is 0.0158. The molecule has 106 valence electrons. The molecular weight excluding hydrogens is 327 g/mol. The molecule has 1 aromatic rings. The second-order valence-electron chi connectivity index (χ2n) is 6.18. The van der Waals surface area contributed by atoms with Gasteiger partial charge in [-0.25, -0.2) is 4.39 Å². The largest absolute Gasteiger partial charge is 0.543 e. The van der Waals surface area contributed by atoms with Crippen LogP contribution in [0.1, 0.15) is 38.1 Å². The Balaban J connectivity index is 3.28. The Labute approximate surface area is 123 Å². The summed E-state index contributed by atoms with van der Waals surface area (Å²) in [5.41, 5.74) is 0.297. The Hall–Kier alpha value is -0.683. The molecule has 0 aromatic heterocycles. The summed E-state index contributed by atoms with van der Waals surface area (Å²) in [5.74, 6) is -0.180. The molecule has 0 bridgehead atoms. The Kier molecular flexibility index (Phi) is 4.62. The Morgan fingerprint density at radius 3 is 2.26 bits per heavy atom. The van der Waals surface area contributed by atoms with Crippen LogP contribution in [-0.2, 0) is 0 Å². The molecule has 1 rings (SSSR count). The molecule has 0 fully saturated rings. The molecule has 0 amide bonds. The van der Waals surface area contributed by atoms with E-state index in [1.165, 1.54) is 13.0 Å². The highest BCUT2D eigenvalue weighted by atomic mass is 79.9. The smallest absolute Gasteiger partial charge is 0.250 e. The van der Waals surface area contributed by atoms with Crippen molar-refractivity contribution in [1.82, 2.24) is 0 Å². The zero-order valence-corrected chi connectivity index (χ0v) is 14.8. The molecular formula is C14H20BrFO2Si. The monoisotopic (exact) mass is 346 g/mol. The lowest BCUT2D eigenvalue weighted by Crippen LogP contribution is -2.44. The molecule has 1 aromatic carbocycles. The number of carbonyl (C=O) groups is 1. The lowest BCUT2D eigenvalue weighted by molar-refractivity contribution is 0.101. The van der Waals surface area contributed by atoms with Crippen LogP contribution in [0.3, 0.4) is 0 Å². The second-order valence-corrected chi connectivity index (χ2v) is 11.8. The molecule has 2 nitrogen and oxygen atoms in total. The number of halogens is 2. The first-order valence-corrected chi connectivity index (χ1v) is 9.85. The summed E-state index contributed by atoms with van der Waals surface area (Å²) in [6.07, 6.45) is 0. The maximum atomic E-state index is 13.5. The van der Waals surface area contributed by atoms with Crippen molar-refractivity contribution < 1.29 is 13.6 Å². The van der Waals surface area contributed by atoms with E-state index in [1.54, 1.807) is 6.07 Å². The molecule has 0 spiro atoms. The number of carbonyl (C=O) groups excluding carboxylic acids is 1. The van der Waals surface area contributed by atoms with Gasteiger partial charge < -0.3 is 4.43 Å². The molecule has 0 unspecified atom stereocenters. The molecule has 0 saturated heterocycles. The zero-order valence-electron chi connectivity index (χ0n) is 12.2. The Morgan fingerprint density at radius 2 is 1.84 bits per heavy atom. The Bertz CT molecular complexity index is 507. The summed E-state index contributed by atoms with van der Waals surface area (Å²) in [6.45, 7) is 11.9. The van der Waals surface area contributed by atoms with Crippen LogP contribution in [0.4, 0.5) is 4.39 Å². The van der Waals surface area contributed by atoms with E-state index in [1.807, 2.05) is 0 Å². The molecule has 0 aliphatic heterocycles. The second kappa shape index (κ2) is 5.36. The molecule has 0 aliphatic carbocycles. The van der Waals surface area contributed by atoms with Crippen LogP contribution in [0, 0.1) is 5.82 Å². The lowest BCUT2D eigenvalue weighted by Gasteiger charge is -2.37. The molecule has 5 heteroatoms. The SMILES string of the molecule is CC(=O)c1cc(F)c(Br)cc1O[Si](C)(C)C(C)(C)C. The van der Waals surface area contributed by atoms with E-state index in [0.717, 1.165) is 0 Å². The maximum absolute atomic E-state index is 13.5. The summed E-state index contributed by atoms with van der Waals surface area (Å²) < 4.78 is 20.0. The lowest BCUT2D eigenvalue weighted by atomic mass is 10.1. The van der Waals surface area contributed by atoms with Crippen LogP contribution in [0.2, 0.25) is 18.1 Å². The van der Waals surface area contributed by atoms with Crippen LogP contribution in [-0.4, -0.2) is 14.1 Å². The minimum atomic E-state index is -2.06. The normalized spacial score (nSPS) is 12.4. The van der Waals surface area contributed by atoms with Crippen molar-refractivity contribution in [3.05, 3.63) is 28.0 Å². The molecule has 0 atom stereocenters. The minimum absolute atomic E-state index is 0.0158. The molecule has 0 heterocycles.